The molecule has 0 aromatic heterocycles. The zero-order chi connectivity index (χ0) is 21.7. The molecule has 1 atom stereocenters. The Kier molecular flexibility index (Phi) is 6.89. The number of hydrogen-bond acceptors (Lipinski definition) is 3. The molecule has 0 radical (unpaired) electrons. The fourth-order valence-corrected chi connectivity index (χ4v) is 4.15. The Balaban J connectivity index is 1.59. The van der Waals surface area contributed by atoms with Gasteiger partial charge in [0.15, 0.2) is 0 Å². The van der Waals surface area contributed by atoms with E-state index in [4.69, 9.17) is 0 Å². The highest BCUT2D eigenvalue weighted by Gasteiger charge is 2.15. The second-order valence-corrected chi connectivity index (χ2v) is 9.37. The number of halogens is 2. The zero-order valence-electron chi connectivity index (χ0n) is 16.1. The predicted molar refractivity (Wildman–Crippen MR) is 118 cm³/mol. The summed E-state index contributed by atoms with van der Waals surface area (Å²) >= 11 is 3.38. The molecule has 0 aliphatic rings. The summed E-state index contributed by atoms with van der Waals surface area (Å²) in [5.74, 6) is -0.643. The molecule has 1 amide bonds. The van der Waals surface area contributed by atoms with Crippen LogP contribution in [-0.4, -0.2) is 14.3 Å². The standard InChI is InChI=1S/C22H20BrFN2O3S/c1-15(17-4-6-18(23)7-5-17)25-22(27)14-16-2-10-20(11-3-16)26-30(28,29)21-12-8-19(24)9-13-21/h2-13,15,26H,14H2,1H3,(H,25,27)/t15-/m1/s1. The molecule has 0 saturated heterocycles. The molecule has 0 unspecified atom stereocenters. The largest absolute Gasteiger partial charge is 0.349 e. The van der Waals surface area contributed by atoms with Gasteiger partial charge >= 0.3 is 0 Å². The molecule has 0 bridgehead atoms. The summed E-state index contributed by atoms with van der Waals surface area (Å²) in [4.78, 5) is 12.3. The van der Waals surface area contributed by atoms with E-state index in [-0.39, 0.29) is 23.3 Å². The van der Waals surface area contributed by atoms with Crippen LogP contribution in [0.25, 0.3) is 0 Å². The second kappa shape index (κ2) is 9.40. The normalized spacial score (nSPS) is 12.2. The maximum Gasteiger partial charge on any atom is 0.261 e. The summed E-state index contributed by atoms with van der Waals surface area (Å²) in [6.45, 7) is 1.91. The van der Waals surface area contributed by atoms with E-state index in [1.807, 2.05) is 31.2 Å². The molecule has 0 heterocycles. The van der Waals surface area contributed by atoms with Crippen LogP contribution in [-0.2, 0) is 21.2 Å². The first-order valence-corrected chi connectivity index (χ1v) is 11.4. The summed E-state index contributed by atoms with van der Waals surface area (Å²) in [6.07, 6.45) is 0.172. The third kappa shape index (κ3) is 5.90. The molecule has 0 saturated carbocycles. The van der Waals surface area contributed by atoms with Gasteiger partial charge in [0.25, 0.3) is 10.0 Å². The first-order chi connectivity index (χ1) is 14.2. The summed E-state index contributed by atoms with van der Waals surface area (Å²) in [7, 11) is -3.81. The van der Waals surface area contributed by atoms with E-state index in [0.717, 1.165) is 27.7 Å². The minimum atomic E-state index is -3.81. The predicted octanol–water partition coefficient (Wildman–Crippen LogP) is 4.81. The topological polar surface area (TPSA) is 75.3 Å². The van der Waals surface area contributed by atoms with Crippen molar-refractivity contribution in [3.63, 3.8) is 0 Å². The van der Waals surface area contributed by atoms with E-state index < -0.39 is 15.8 Å². The van der Waals surface area contributed by atoms with Crippen molar-refractivity contribution in [3.05, 3.63) is 94.2 Å². The Morgan fingerprint density at radius 2 is 1.57 bits per heavy atom. The molecular weight excluding hydrogens is 471 g/mol. The van der Waals surface area contributed by atoms with Crippen molar-refractivity contribution in [1.82, 2.24) is 5.32 Å². The number of anilines is 1. The van der Waals surface area contributed by atoms with Crippen LogP contribution in [0.3, 0.4) is 0 Å². The van der Waals surface area contributed by atoms with E-state index in [2.05, 4.69) is 26.0 Å². The van der Waals surface area contributed by atoms with Gasteiger partial charge in [-0.05, 0) is 66.6 Å². The third-order valence-electron chi connectivity index (χ3n) is 4.44. The van der Waals surface area contributed by atoms with Crippen LogP contribution in [0.5, 0.6) is 0 Å². The highest BCUT2D eigenvalue weighted by molar-refractivity contribution is 9.10. The van der Waals surface area contributed by atoms with Crippen molar-refractivity contribution in [2.75, 3.05) is 4.72 Å². The van der Waals surface area contributed by atoms with Gasteiger partial charge in [-0.15, -0.1) is 0 Å². The molecule has 30 heavy (non-hydrogen) atoms. The molecule has 156 valence electrons. The Hall–Kier alpha value is -2.71. The number of amides is 1. The van der Waals surface area contributed by atoms with Gasteiger partial charge in [-0.2, -0.15) is 0 Å². The maximum absolute atomic E-state index is 13.0. The quantitative estimate of drug-likeness (QED) is 0.498. The van der Waals surface area contributed by atoms with Crippen LogP contribution in [0.15, 0.2) is 82.2 Å². The van der Waals surface area contributed by atoms with Crippen molar-refractivity contribution in [1.29, 1.82) is 0 Å². The summed E-state index contributed by atoms with van der Waals surface area (Å²) < 4.78 is 41.1. The molecule has 8 heteroatoms. The lowest BCUT2D eigenvalue weighted by atomic mass is 10.1. The van der Waals surface area contributed by atoms with Crippen LogP contribution >= 0.6 is 15.9 Å². The number of sulfonamides is 1. The Labute approximate surface area is 183 Å². The molecule has 3 rings (SSSR count). The molecular formula is C22H20BrFN2O3S. The number of benzene rings is 3. The Morgan fingerprint density at radius 3 is 2.17 bits per heavy atom. The fraction of sp³-hybridized carbons (Fsp3) is 0.136. The maximum atomic E-state index is 13.0. The van der Waals surface area contributed by atoms with Crippen molar-refractivity contribution >= 4 is 37.5 Å². The minimum Gasteiger partial charge on any atom is -0.349 e. The van der Waals surface area contributed by atoms with Gasteiger partial charge in [0, 0.05) is 10.2 Å². The monoisotopic (exact) mass is 490 g/mol. The first kappa shape index (κ1) is 22.0. The van der Waals surface area contributed by atoms with Gasteiger partial charge in [-0.25, -0.2) is 12.8 Å². The first-order valence-electron chi connectivity index (χ1n) is 9.15. The smallest absolute Gasteiger partial charge is 0.261 e. The number of nitrogens with one attached hydrogen (secondary N) is 2. The molecule has 3 aromatic rings. The van der Waals surface area contributed by atoms with Crippen LogP contribution in [0.4, 0.5) is 10.1 Å². The molecule has 0 spiro atoms. The number of carbonyl (C=O) groups excluding carboxylic acids is 1. The highest BCUT2D eigenvalue weighted by Crippen LogP contribution is 2.19. The van der Waals surface area contributed by atoms with E-state index >= 15 is 0 Å². The van der Waals surface area contributed by atoms with Crippen LogP contribution < -0.4 is 10.0 Å². The van der Waals surface area contributed by atoms with Crippen LogP contribution in [0.2, 0.25) is 0 Å². The average molecular weight is 491 g/mol. The van der Waals surface area contributed by atoms with Crippen LogP contribution in [0, 0.1) is 5.82 Å². The number of hydrogen-bond donors (Lipinski definition) is 2. The molecule has 0 fully saturated rings. The SMILES string of the molecule is C[C@@H](NC(=O)Cc1ccc(NS(=O)(=O)c2ccc(F)cc2)cc1)c1ccc(Br)cc1. The Bertz CT molecular complexity index is 1120. The third-order valence-corrected chi connectivity index (χ3v) is 6.37. The van der Waals surface area contributed by atoms with Gasteiger partial charge in [0.05, 0.1) is 17.4 Å². The molecule has 0 aliphatic heterocycles. The van der Waals surface area contributed by atoms with E-state index in [0.29, 0.717) is 5.69 Å². The van der Waals surface area contributed by atoms with Crippen LogP contribution in [0.1, 0.15) is 24.1 Å². The van der Waals surface area contributed by atoms with Crippen molar-refractivity contribution in [3.8, 4) is 0 Å². The van der Waals surface area contributed by atoms with E-state index in [1.54, 1.807) is 24.3 Å². The zero-order valence-corrected chi connectivity index (χ0v) is 18.5. The van der Waals surface area contributed by atoms with Gasteiger partial charge in [-0.1, -0.05) is 40.2 Å². The van der Waals surface area contributed by atoms with Crippen molar-refractivity contribution < 1.29 is 17.6 Å². The summed E-state index contributed by atoms with van der Waals surface area (Å²) in [5, 5.41) is 2.95. The van der Waals surface area contributed by atoms with Crippen molar-refractivity contribution in [2.45, 2.75) is 24.3 Å². The lowest BCUT2D eigenvalue weighted by Crippen LogP contribution is -2.28. The molecule has 0 aliphatic carbocycles. The van der Waals surface area contributed by atoms with Gasteiger partial charge < -0.3 is 5.32 Å². The van der Waals surface area contributed by atoms with Gasteiger partial charge in [0.2, 0.25) is 5.91 Å². The lowest BCUT2D eigenvalue weighted by molar-refractivity contribution is -0.121. The summed E-state index contributed by atoms with van der Waals surface area (Å²) in [5.41, 5.74) is 2.10. The average Bonchev–Trinajstić information content (AvgIpc) is 2.70. The van der Waals surface area contributed by atoms with Crippen molar-refractivity contribution in [2.24, 2.45) is 0 Å². The molecule has 2 N–H and O–H groups in total. The lowest BCUT2D eigenvalue weighted by Gasteiger charge is -2.15. The number of rotatable bonds is 7. The highest BCUT2D eigenvalue weighted by atomic mass is 79.9. The van der Waals surface area contributed by atoms with E-state index in [9.17, 15) is 17.6 Å². The second-order valence-electron chi connectivity index (χ2n) is 6.77. The van der Waals surface area contributed by atoms with E-state index in [1.165, 1.54) is 12.1 Å². The fourth-order valence-electron chi connectivity index (χ4n) is 2.83. The minimum absolute atomic E-state index is 0.0331. The van der Waals surface area contributed by atoms with Gasteiger partial charge in [-0.3, -0.25) is 9.52 Å². The van der Waals surface area contributed by atoms with Gasteiger partial charge in [0.1, 0.15) is 5.82 Å². The molecule has 5 nitrogen and oxygen atoms in total. The Morgan fingerprint density at radius 1 is 0.967 bits per heavy atom. The number of carbonyl (C=O) groups is 1. The summed E-state index contributed by atoms with van der Waals surface area (Å²) in [6, 6.07) is 18.7. The molecule has 3 aromatic carbocycles.